The molecule has 1 aromatic heterocycles. The van der Waals surface area contributed by atoms with Crippen LogP contribution in [-0.2, 0) is 9.59 Å². The molecule has 0 radical (unpaired) electrons. The maximum Gasteiger partial charge on any atom is 0.247 e. The van der Waals surface area contributed by atoms with Crippen molar-refractivity contribution in [2.75, 3.05) is 11.9 Å². The Kier molecular flexibility index (Phi) is 5.42. The van der Waals surface area contributed by atoms with Gasteiger partial charge in [0.15, 0.2) is 5.82 Å². The second-order valence-electron chi connectivity index (χ2n) is 6.25. The van der Waals surface area contributed by atoms with E-state index >= 15 is 0 Å². The number of benzene rings is 1. The van der Waals surface area contributed by atoms with Crippen molar-refractivity contribution < 1.29 is 9.59 Å². The Morgan fingerprint density at radius 3 is 2.76 bits per heavy atom. The highest BCUT2D eigenvalue weighted by Gasteiger charge is 2.31. The summed E-state index contributed by atoms with van der Waals surface area (Å²) in [6.07, 6.45) is 5.40. The average molecular weight is 341 g/mol. The Hall–Kier alpha value is -2.70. The number of nitrogens with zero attached hydrogens (tertiary/aromatic N) is 3. The van der Waals surface area contributed by atoms with Crippen molar-refractivity contribution in [3.8, 4) is 11.4 Å². The Bertz CT molecular complexity index is 712. The largest absolute Gasteiger partial charge is 0.331 e. The van der Waals surface area contributed by atoms with Crippen molar-refractivity contribution in [2.24, 2.45) is 0 Å². The molecule has 132 valence electrons. The normalized spacial score (nSPS) is 17.3. The number of piperidine rings is 1. The van der Waals surface area contributed by atoms with Gasteiger partial charge in [-0.1, -0.05) is 6.92 Å². The van der Waals surface area contributed by atoms with E-state index in [-0.39, 0.29) is 17.9 Å². The topological polar surface area (TPSA) is 91.0 Å². The van der Waals surface area contributed by atoms with Gasteiger partial charge in [-0.15, -0.1) is 0 Å². The second kappa shape index (κ2) is 7.92. The molecule has 7 nitrogen and oxygen atoms in total. The smallest absolute Gasteiger partial charge is 0.247 e. The number of amides is 2. The first-order valence-corrected chi connectivity index (χ1v) is 8.75. The number of hydrogen-bond donors (Lipinski definition) is 2. The van der Waals surface area contributed by atoms with E-state index < -0.39 is 0 Å². The van der Waals surface area contributed by atoms with Crippen molar-refractivity contribution in [3.05, 3.63) is 30.6 Å². The molecule has 2 aromatic rings. The van der Waals surface area contributed by atoms with Crippen LogP contribution in [0, 0.1) is 0 Å². The third-order valence-electron chi connectivity index (χ3n) is 4.43. The first-order chi connectivity index (χ1) is 12.2. The fraction of sp³-hybridized carbons (Fsp3) is 0.444. The van der Waals surface area contributed by atoms with Crippen LogP contribution >= 0.6 is 0 Å². The molecule has 0 saturated carbocycles. The number of anilines is 1. The van der Waals surface area contributed by atoms with E-state index in [1.54, 1.807) is 4.90 Å². The van der Waals surface area contributed by atoms with Crippen LogP contribution < -0.4 is 5.32 Å². The number of rotatable bonds is 5. The van der Waals surface area contributed by atoms with Gasteiger partial charge in [0.1, 0.15) is 12.4 Å². The molecule has 1 fully saturated rings. The summed E-state index contributed by atoms with van der Waals surface area (Å²) in [6, 6.07) is 7.03. The molecule has 25 heavy (non-hydrogen) atoms. The molecule has 1 atom stereocenters. The molecule has 7 heteroatoms. The number of nitrogens with one attached hydrogen (secondary N) is 2. The van der Waals surface area contributed by atoms with E-state index in [4.69, 9.17) is 0 Å². The van der Waals surface area contributed by atoms with Crippen molar-refractivity contribution in [1.29, 1.82) is 0 Å². The minimum atomic E-state index is -0.373. The number of aromatic nitrogens is 3. The van der Waals surface area contributed by atoms with Gasteiger partial charge in [0, 0.05) is 24.2 Å². The number of carbonyl (C=O) groups is 2. The van der Waals surface area contributed by atoms with E-state index in [2.05, 4.69) is 20.5 Å². The maximum absolute atomic E-state index is 12.7. The van der Waals surface area contributed by atoms with E-state index in [0.717, 1.165) is 31.2 Å². The summed E-state index contributed by atoms with van der Waals surface area (Å²) < 4.78 is 0. The SMILES string of the molecule is CCCC(=O)N1CCCC[C@@H]1C(=O)Nc1ccc(-c2ncn[nH]2)cc1. The molecule has 2 N–H and O–H groups in total. The summed E-state index contributed by atoms with van der Waals surface area (Å²) in [4.78, 5) is 30.8. The number of likely N-dealkylation sites (tertiary alicyclic amines) is 1. The molecule has 2 heterocycles. The highest BCUT2D eigenvalue weighted by molar-refractivity contribution is 5.97. The van der Waals surface area contributed by atoms with Gasteiger partial charge < -0.3 is 10.2 Å². The van der Waals surface area contributed by atoms with Gasteiger partial charge in [0.2, 0.25) is 11.8 Å². The monoisotopic (exact) mass is 341 g/mol. The average Bonchev–Trinajstić information content (AvgIpc) is 3.17. The summed E-state index contributed by atoms with van der Waals surface area (Å²) >= 11 is 0. The number of carbonyl (C=O) groups excluding carboxylic acids is 2. The van der Waals surface area contributed by atoms with Crippen LogP contribution in [0.1, 0.15) is 39.0 Å². The zero-order chi connectivity index (χ0) is 17.6. The molecule has 1 aliphatic rings. The maximum atomic E-state index is 12.7. The minimum absolute atomic E-state index is 0.0722. The van der Waals surface area contributed by atoms with Gasteiger partial charge in [-0.25, -0.2) is 4.98 Å². The molecule has 2 amide bonds. The van der Waals surface area contributed by atoms with Crippen LogP contribution in [0.5, 0.6) is 0 Å². The number of H-pyrrole nitrogens is 1. The van der Waals surface area contributed by atoms with Crippen molar-refractivity contribution in [3.63, 3.8) is 0 Å². The lowest BCUT2D eigenvalue weighted by Gasteiger charge is -2.34. The molecule has 0 bridgehead atoms. The summed E-state index contributed by atoms with van der Waals surface area (Å²) in [5.41, 5.74) is 1.61. The van der Waals surface area contributed by atoms with Crippen LogP contribution in [0.3, 0.4) is 0 Å². The predicted molar refractivity (Wildman–Crippen MR) is 94.7 cm³/mol. The molecular weight excluding hydrogens is 318 g/mol. The standard InChI is InChI=1S/C18H23N5O2/c1-2-5-16(24)23-11-4-3-6-15(23)18(25)21-14-9-7-13(8-10-14)17-19-12-20-22-17/h7-10,12,15H,2-6,11H2,1H3,(H,21,25)(H,19,20,22)/t15-/m1/s1. The highest BCUT2D eigenvalue weighted by atomic mass is 16.2. The first-order valence-electron chi connectivity index (χ1n) is 8.75. The minimum Gasteiger partial charge on any atom is -0.331 e. The fourth-order valence-corrected chi connectivity index (χ4v) is 3.14. The van der Waals surface area contributed by atoms with E-state index in [9.17, 15) is 9.59 Å². The van der Waals surface area contributed by atoms with Crippen LogP contribution in [0.4, 0.5) is 5.69 Å². The summed E-state index contributed by atoms with van der Waals surface area (Å²) in [5, 5.41) is 9.56. The van der Waals surface area contributed by atoms with Crippen molar-refractivity contribution in [2.45, 2.75) is 45.1 Å². The quantitative estimate of drug-likeness (QED) is 0.874. The molecule has 0 unspecified atom stereocenters. The number of hydrogen-bond acceptors (Lipinski definition) is 4. The van der Waals surface area contributed by atoms with Crippen LogP contribution in [0.15, 0.2) is 30.6 Å². The summed E-state index contributed by atoms with van der Waals surface area (Å²) in [6.45, 7) is 2.65. The lowest BCUT2D eigenvalue weighted by Crippen LogP contribution is -2.49. The summed E-state index contributed by atoms with van der Waals surface area (Å²) in [7, 11) is 0. The third kappa shape index (κ3) is 4.04. The van der Waals surface area contributed by atoms with Crippen molar-refractivity contribution >= 4 is 17.5 Å². The molecule has 3 rings (SSSR count). The van der Waals surface area contributed by atoms with E-state index in [1.807, 2.05) is 31.2 Å². The Labute approximate surface area is 146 Å². The zero-order valence-electron chi connectivity index (χ0n) is 14.4. The second-order valence-corrected chi connectivity index (χ2v) is 6.25. The Morgan fingerprint density at radius 2 is 2.08 bits per heavy atom. The van der Waals surface area contributed by atoms with E-state index in [1.165, 1.54) is 6.33 Å². The predicted octanol–water partition coefficient (Wildman–Crippen LogP) is 2.59. The molecule has 0 spiro atoms. The van der Waals surface area contributed by atoms with Crippen LogP contribution in [0.25, 0.3) is 11.4 Å². The van der Waals surface area contributed by atoms with Gasteiger partial charge in [-0.05, 0) is 49.9 Å². The zero-order valence-corrected chi connectivity index (χ0v) is 14.4. The van der Waals surface area contributed by atoms with Gasteiger partial charge in [-0.3, -0.25) is 14.7 Å². The van der Waals surface area contributed by atoms with E-state index in [0.29, 0.717) is 24.5 Å². The van der Waals surface area contributed by atoms with Crippen LogP contribution in [-0.4, -0.2) is 44.5 Å². The lowest BCUT2D eigenvalue weighted by molar-refractivity contribution is -0.140. The Balaban J connectivity index is 1.67. The van der Waals surface area contributed by atoms with Gasteiger partial charge in [-0.2, -0.15) is 5.10 Å². The van der Waals surface area contributed by atoms with Gasteiger partial charge in [0.25, 0.3) is 0 Å². The molecule has 1 saturated heterocycles. The number of aromatic amines is 1. The fourth-order valence-electron chi connectivity index (χ4n) is 3.14. The molecule has 1 aromatic carbocycles. The first kappa shape index (κ1) is 17.1. The highest BCUT2D eigenvalue weighted by Crippen LogP contribution is 2.21. The van der Waals surface area contributed by atoms with Crippen LogP contribution in [0.2, 0.25) is 0 Å². The third-order valence-corrected chi connectivity index (χ3v) is 4.43. The lowest BCUT2D eigenvalue weighted by atomic mass is 10.0. The van der Waals surface area contributed by atoms with Gasteiger partial charge in [0.05, 0.1) is 0 Å². The molecular formula is C18H23N5O2. The molecule has 1 aliphatic heterocycles. The van der Waals surface area contributed by atoms with Gasteiger partial charge >= 0.3 is 0 Å². The molecule has 0 aliphatic carbocycles. The Morgan fingerprint density at radius 1 is 1.28 bits per heavy atom. The van der Waals surface area contributed by atoms with Crippen molar-refractivity contribution in [1.82, 2.24) is 20.1 Å². The summed E-state index contributed by atoms with van der Waals surface area (Å²) in [5.74, 6) is 0.640.